The lowest BCUT2D eigenvalue weighted by atomic mass is 10.1. The van der Waals surface area contributed by atoms with Crippen LogP contribution in [0.5, 0.6) is 5.88 Å². The van der Waals surface area contributed by atoms with Crippen molar-refractivity contribution in [2.45, 2.75) is 45.4 Å². The first-order valence-electron chi connectivity index (χ1n) is 8.54. The van der Waals surface area contributed by atoms with E-state index in [1.165, 1.54) is 25.7 Å². The minimum Gasteiger partial charge on any atom is -0.473 e. The molecule has 1 saturated carbocycles. The first kappa shape index (κ1) is 18.1. The van der Waals surface area contributed by atoms with Crippen molar-refractivity contribution in [2.75, 3.05) is 7.05 Å². The molecule has 0 unspecified atom stereocenters. The molecule has 1 aromatic carbocycles. The second kappa shape index (κ2) is 8.15. The summed E-state index contributed by atoms with van der Waals surface area (Å²) in [6.45, 7) is 1.51. The number of nitrogens with one attached hydrogen (secondary N) is 1. The lowest BCUT2D eigenvalue weighted by Crippen LogP contribution is -2.12. The third-order valence-electron chi connectivity index (χ3n) is 4.52. The fourth-order valence-corrected chi connectivity index (χ4v) is 3.43. The van der Waals surface area contributed by atoms with Crippen LogP contribution in [-0.2, 0) is 19.7 Å². The number of hydrogen-bond donors (Lipinski definition) is 1. The van der Waals surface area contributed by atoms with Gasteiger partial charge in [0.05, 0.1) is 10.7 Å². The summed E-state index contributed by atoms with van der Waals surface area (Å²) in [6, 6.07) is 3.92. The topological polar surface area (TPSA) is 39.1 Å². The van der Waals surface area contributed by atoms with Crippen LogP contribution in [0.3, 0.4) is 0 Å². The highest BCUT2D eigenvalue weighted by Crippen LogP contribution is 2.28. The van der Waals surface area contributed by atoms with Crippen molar-refractivity contribution in [3.63, 3.8) is 0 Å². The van der Waals surface area contributed by atoms with Gasteiger partial charge in [0, 0.05) is 24.7 Å². The second-order valence-electron chi connectivity index (χ2n) is 6.48. The first-order chi connectivity index (χ1) is 12.1. The molecule has 0 bridgehead atoms. The maximum Gasteiger partial charge on any atom is 0.212 e. The highest BCUT2D eigenvalue weighted by molar-refractivity contribution is 6.31. The van der Waals surface area contributed by atoms with Crippen molar-refractivity contribution in [3.8, 4) is 5.88 Å². The van der Waals surface area contributed by atoms with E-state index in [-0.39, 0.29) is 11.6 Å². The molecular formula is C18H22ClF2N3O. The van der Waals surface area contributed by atoms with Crippen LogP contribution in [0.25, 0.3) is 0 Å². The number of halogens is 3. The maximum absolute atomic E-state index is 13.4. The molecule has 1 aromatic heterocycles. The Balaban J connectivity index is 1.74. The van der Waals surface area contributed by atoms with Gasteiger partial charge in [-0.15, -0.1) is 0 Å². The standard InChI is InChI=1S/C18H22ClF2N3O/c1-22-9-14-7-18(24(23-14)10-12-4-2-3-5-12)25-11-13-6-16(20)17(21)8-15(13)19/h6-8,12,22H,2-5,9-11H2,1H3. The zero-order chi connectivity index (χ0) is 17.8. The maximum atomic E-state index is 13.4. The highest BCUT2D eigenvalue weighted by Gasteiger charge is 2.19. The Morgan fingerprint density at radius 3 is 2.68 bits per heavy atom. The zero-order valence-electron chi connectivity index (χ0n) is 14.2. The van der Waals surface area contributed by atoms with E-state index < -0.39 is 11.6 Å². The molecule has 0 radical (unpaired) electrons. The van der Waals surface area contributed by atoms with Crippen molar-refractivity contribution >= 4 is 11.6 Å². The predicted molar refractivity (Wildman–Crippen MR) is 92.6 cm³/mol. The molecule has 4 nitrogen and oxygen atoms in total. The molecule has 7 heteroatoms. The van der Waals surface area contributed by atoms with E-state index in [1.807, 2.05) is 17.8 Å². The van der Waals surface area contributed by atoms with Crippen LogP contribution >= 0.6 is 11.6 Å². The second-order valence-corrected chi connectivity index (χ2v) is 6.89. The molecule has 0 amide bonds. The zero-order valence-corrected chi connectivity index (χ0v) is 15.0. The summed E-state index contributed by atoms with van der Waals surface area (Å²) in [5, 5.41) is 7.81. The van der Waals surface area contributed by atoms with Gasteiger partial charge in [-0.2, -0.15) is 5.10 Å². The van der Waals surface area contributed by atoms with E-state index in [2.05, 4.69) is 10.4 Å². The van der Waals surface area contributed by atoms with Crippen molar-refractivity contribution in [2.24, 2.45) is 5.92 Å². The van der Waals surface area contributed by atoms with Gasteiger partial charge >= 0.3 is 0 Å². The van der Waals surface area contributed by atoms with Crippen LogP contribution in [0, 0.1) is 17.6 Å². The molecule has 1 fully saturated rings. The Morgan fingerprint density at radius 1 is 1.24 bits per heavy atom. The minimum atomic E-state index is -0.962. The van der Waals surface area contributed by atoms with E-state index in [0.717, 1.165) is 24.4 Å². The van der Waals surface area contributed by atoms with Crippen LogP contribution < -0.4 is 10.1 Å². The summed E-state index contributed by atoms with van der Waals surface area (Å²) in [6.07, 6.45) is 4.93. The number of ether oxygens (including phenoxy) is 1. The molecule has 136 valence electrons. The Bertz CT molecular complexity index is 729. The SMILES string of the molecule is CNCc1cc(OCc2cc(F)c(F)cc2Cl)n(CC2CCCC2)n1. The predicted octanol–water partition coefficient (Wildman–Crippen LogP) is 4.30. The minimum absolute atomic E-state index is 0.0609. The van der Waals surface area contributed by atoms with Gasteiger partial charge in [-0.25, -0.2) is 13.5 Å². The molecule has 1 heterocycles. The highest BCUT2D eigenvalue weighted by atomic mass is 35.5. The molecule has 2 aromatic rings. The van der Waals surface area contributed by atoms with Crippen LogP contribution in [-0.4, -0.2) is 16.8 Å². The van der Waals surface area contributed by atoms with Gasteiger partial charge in [0.1, 0.15) is 6.61 Å². The number of aromatic nitrogens is 2. The molecule has 1 aliphatic rings. The third kappa shape index (κ3) is 4.50. The lowest BCUT2D eigenvalue weighted by Gasteiger charge is -2.13. The van der Waals surface area contributed by atoms with E-state index >= 15 is 0 Å². The molecule has 0 atom stereocenters. The van der Waals surface area contributed by atoms with Crippen LogP contribution in [0.15, 0.2) is 18.2 Å². The molecule has 0 aliphatic heterocycles. The number of benzene rings is 1. The monoisotopic (exact) mass is 369 g/mol. The smallest absolute Gasteiger partial charge is 0.212 e. The quantitative estimate of drug-likeness (QED) is 0.739. The fourth-order valence-electron chi connectivity index (χ4n) is 3.23. The van der Waals surface area contributed by atoms with Crippen molar-refractivity contribution < 1.29 is 13.5 Å². The summed E-state index contributed by atoms with van der Waals surface area (Å²) in [5.74, 6) is -0.663. The normalized spacial score (nSPS) is 15.0. The summed E-state index contributed by atoms with van der Waals surface area (Å²) in [4.78, 5) is 0. The van der Waals surface area contributed by atoms with Crippen molar-refractivity contribution in [1.29, 1.82) is 0 Å². The van der Waals surface area contributed by atoms with Crippen LogP contribution in [0.4, 0.5) is 8.78 Å². The fraction of sp³-hybridized carbons (Fsp3) is 0.500. The van der Waals surface area contributed by atoms with Crippen LogP contribution in [0.2, 0.25) is 5.02 Å². The molecule has 1 N–H and O–H groups in total. The summed E-state index contributed by atoms with van der Waals surface area (Å²) >= 11 is 5.98. The molecule has 25 heavy (non-hydrogen) atoms. The van der Waals surface area contributed by atoms with Crippen molar-refractivity contribution in [1.82, 2.24) is 15.1 Å². The van der Waals surface area contributed by atoms with Gasteiger partial charge in [-0.1, -0.05) is 24.4 Å². The Morgan fingerprint density at radius 2 is 1.96 bits per heavy atom. The number of rotatable bonds is 7. The largest absolute Gasteiger partial charge is 0.473 e. The molecule has 0 spiro atoms. The van der Waals surface area contributed by atoms with Gasteiger partial charge < -0.3 is 10.1 Å². The third-order valence-corrected chi connectivity index (χ3v) is 4.87. The van der Waals surface area contributed by atoms with Gasteiger partial charge in [-0.05, 0) is 37.9 Å². The Hall–Kier alpha value is -1.66. The van der Waals surface area contributed by atoms with E-state index in [4.69, 9.17) is 16.3 Å². The molecule has 1 aliphatic carbocycles. The van der Waals surface area contributed by atoms with E-state index in [1.54, 1.807) is 0 Å². The Kier molecular flexibility index (Phi) is 5.91. The average Bonchev–Trinajstić information content (AvgIpc) is 3.21. The lowest BCUT2D eigenvalue weighted by molar-refractivity contribution is 0.261. The molecule has 0 saturated heterocycles. The summed E-state index contributed by atoms with van der Waals surface area (Å²) < 4.78 is 34.3. The van der Waals surface area contributed by atoms with Gasteiger partial charge in [0.15, 0.2) is 11.6 Å². The van der Waals surface area contributed by atoms with E-state index in [9.17, 15) is 8.78 Å². The summed E-state index contributed by atoms with van der Waals surface area (Å²) in [5.41, 5.74) is 1.29. The van der Waals surface area contributed by atoms with Gasteiger partial charge in [-0.3, -0.25) is 0 Å². The Labute approximate surface area is 151 Å². The summed E-state index contributed by atoms with van der Waals surface area (Å²) in [7, 11) is 1.86. The average molecular weight is 370 g/mol. The molecular weight excluding hydrogens is 348 g/mol. The number of nitrogens with zero attached hydrogens (tertiary/aromatic N) is 2. The van der Waals surface area contributed by atoms with E-state index in [0.29, 0.717) is 23.9 Å². The molecule has 3 rings (SSSR count). The van der Waals surface area contributed by atoms with Gasteiger partial charge in [0.2, 0.25) is 5.88 Å². The van der Waals surface area contributed by atoms with Gasteiger partial charge in [0.25, 0.3) is 0 Å². The first-order valence-corrected chi connectivity index (χ1v) is 8.92. The van der Waals surface area contributed by atoms with Crippen LogP contribution in [0.1, 0.15) is 36.9 Å². The van der Waals surface area contributed by atoms with Crippen molar-refractivity contribution in [3.05, 3.63) is 46.1 Å². The number of hydrogen-bond acceptors (Lipinski definition) is 3.